The number of aryl methyl sites for hydroxylation is 1. The monoisotopic (exact) mass is 854 g/mol. The van der Waals surface area contributed by atoms with Crippen LogP contribution in [0.5, 0.6) is 0 Å². The molecule has 15 nitrogen and oxygen atoms in total. The van der Waals surface area contributed by atoms with Gasteiger partial charge in [0, 0.05) is 36.7 Å². The summed E-state index contributed by atoms with van der Waals surface area (Å²) in [7, 11) is -9.89. The number of unbranched alkanes of at least 4 members (excludes halogenated alkanes) is 1. The Kier molecular flexibility index (Phi) is 26.0. The Balaban J connectivity index is 0.000000642. The van der Waals surface area contributed by atoms with Crippen molar-refractivity contribution >= 4 is 0 Å². The van der Waals surface area contributed by atoms with Gasteiger partial charge in [-0.15, -0.1) is 20.5 Å². The predicted molar refractivity (Wildman–Crippen MR) is 170 cm³/mol. The van der Waals surface area contributed by atoms with Gasteiger partial charge in [0.25, 0.3) is 0 Å². The normalized spacial score (nSPS) is 9.87. The number of hydrogen-bond donors (Lipinski definition) is 1. The van der Waals surface area contributed by atoms with E-state index in [0.717, 1.165) is 40.7 Å². The van der Waals surface area contributed by atoms with Gasteiger partial charge in [-0.1, -0.05) is 43.8 Å². The summed E-state index contributed by atoms with van der Waals surface area (Å²) in [6, 6.07) is 33.8. The van der Waals surface area contributed by atoms with Crippen molar-refractivity contribution in [1.82, 2.24) is 29.9 Å². The van der Waals surface area contributed by atoms with E-state index in [-0.39, 0.29) is 19.5 Å². The second-order valence-corrected chi connectivity index (χ2v) is 11.1. The molecule has 6 aromatic rings. The van der Waals surface area contributed by atoms with Crippen LogP contribution in [0.1, 0.15) is 25.3 Å². The average molecular weight is 855 g/mol. The Hall–Kier alpha value is -4.26. The molecule has 2 N–H and O–H groups in total. The maximum Gasteiger partial charge on any atom is 3.00 e. The molecule has 0 saturated carbocycles. The molecule has 0 fully saturated rings. The second kappa shape index (κ2) is 28.3. The zero-order valence-electron chi connectivity index (χ0n) is 28.5. The van der Waals surface area contributed by atoms with Crippen molar-refractivity contribution in [2.45, 2.75) is 26.7 Å². The van der Waals surface area contributed by atoms with E-state index in [1.807, 2.05) is 97.9 Å². The van der Waals surface area contributed by atoms with Gasteiger partial charge in [0.05, 0.1) is 22.8 Å². The molecule has 6 aromatic heterocycles. The molecule has 0 aliphatic rings. The van der Waals surface area contributed by atoms with Crippen molar-refractivity contribution in [3.05, 3.63) is 146 Å². The summed E-state index contributed by atoms with van der Waals surface area (Å²) in [5.74, 6) is 0. The van der Waals surface area contributed by atoms with Crippen LogP contribution < -0.4 is 43.0 Å². The summed E-state index contributed by atoms with van der Waals surface area (Å²) >= 11 is 0. The number of halogens is 2. The average Bonchev–Trinajstić information content (AvgIpc) is 3.13. The van der Waals surface area contributed by atoms with E-state index in [2.05, 4.69) is 42.9 Å². The third-order valence-electron chi connectivity index (χ3n) is 5.52. The first-order valence-corrected chi connectivity index (χ1v) is 17.5. The minimum atomic E-state index is -4.94. The first kappa shape index (κ1) is 48.7. The maximum absolute atomic E-state index is 8.49. The molecule has 0 bridgehead atoms. The van der Waals surface area contributed by atoms with Crippen LogP contribution in [-0.4, -0.2) is 36.4 Å². The second-order valence-electron chi connectivity index (χ2n) is 9.62. The number of hydrogen-bond acceptors (Lipinski definition) is 15. The molecule has 0 saturated heterocycles. The van der Waals surface area contributed by atoms with Crippen molar-refractivity contribution in [1.29, 1.82) is 0 Å². The van der Waals surface area contributed by atoms with Gasteiger partial charge in [0.15, 0.2) is 0 Å². The molecule has 0 aromatic carbocycles. The molecule has 281 valence electrons. The standard InChI is InChI=1S/C11H9N2.2C10H8N2.C4H11N.2ClHO4.Ru/c1-9-5-7-13-11(8-9)10-4-2-3-6-12-10;2*1-3-7-11-9(5-1)10-6-2-4-8-12-10;1-2-3-4-5;2*2-1(3,4)5;/h3-8H,1H3;2*1-8H;2-5H2,1H3;2*(H,2,3,4,5);/q-1;;;;;;+3/p-2. The van der Waals surface area contributed by atoms with Crippen molar-refractivity contribution < 1.29 is 77.2 Å². The van der Waals surface area contributed by atoms with E-state index in [4.69, 9.17) is 43.0 Å². The molecule has 0 unspecified atom stereocenters. The van der Waals surface area contributed by atoms with Crippen molar-refractivity contribution in [3.63, 3.8) is 0 Å². The van der Waals surface area contributed by atoms with E-state index in [1.54, 1.807) is 43.2 Å². The summed E-state index contributed by atoms with van der Waals surface area (Å²) in [5, 5.41) is 0. The number of nitrogens with two attached hydrogens (primary N) is 1. The molecule has 0 aliphatic carbocycles. The van der Waals surface area contributed by atoms with Gasteiger partial charge >= 0.3 is 19.5 Å². The summed E-state index contributed by atoms with van der Waals surface area (Å²) in [4.78, 5) is 25.2. The largest absolute Gasteiger partial charge is 3.00 e. The fourth-order valence-electron chi connectivity index (χ4n) is 3.40. The Morgan fingerprint density at radius 1 is 0.528 bits per heavy atom. The Labute approximate surface area is 324 Å². The third-order valence-corrected chi connectivity index (χ3v) is 5.52. The molecular formula is C35H36Cl2N7O8Ru. The van der Waals surface area contributed by atoms with Gasteiger partial charge in [-0.05, 0) is 91.8 Å². The van der Waals surface area contributed by atoms with Crippen LogP contribution in [0.3, 0.4) is 0 Å². The molecule has 0 amide bonds. The van der Waals surface area contributed by atoms with Gasteiger partial charge < -0.3 is 10.7 Å². The topological polar surface area (TPSA) is 288 Å². The SMILES string of the molecule is CCCCN.Cc1ccnc(-c2c[c-]ccn2)c1.[O-][Cl+3]([O-])([O-])[O-].[O-][Cl+3]([O-])([O-])[O-].[Ru+3].c1ccc(-c2ccccn2)nc1.c1ccc(-c2ccccn2)nc1. The van der Waals surface area contributed by atoms with Crippen LogP contribution >= 0.6 is 0 Å². The maximum atomic E-state index is 8.49. The van der Waals surface area contributed by atoms with E-state index >= 15 is 0 Å². The van der Waals surface area contributed by atoms with Crippen molar-refractivity contribution in [3.8, 4) is 34.2 Å². The minimum Gasteiger partial charge on any atom is -0.381 e. The Morgan fingerprint density at radius 2 is 0.887 bits per heavy atom. The third kappa shape index (κ3) is 28.0. The molecule has 1 radical (unpaired) electrons. The first-order chi connectivity index (χ1) is 24.7. The zero-order chi connectivity index (χ0) is 38.7. The molecule has 53 heavy (non-hydrogen) atoms. The smallest absolute Gasteiger partial charge is 0.381 e. The first-order valence-electron chi connectivity index (χ1n) is 15.0. The number of pyridine rings is 6. The van der Waals surface area contributed by atoms with Crippen LogP contribution in [0.15, 0.2) is 134 Å². The fraction of sp³-hybridized carbons (Fsp3) is 0.143. The molecule has 0 spiro atoms. The molecule has 6 heterocycles. The Morgan fingerprint density at radius 3 is 1.13 bits per heavy atom. The quantitative estimate of drug-likeness (QED) is 0.142. The zero-order valence-corrected chi connectivity index (χ0v) is 31.7. The number of nitrogens with zero attached hydrogens (tertiary/aromatic N) is 6. The van der Waals surface area contributed by atoms with Crippen LogP contribution in [-0.2, 0) is 19.5 Å². The summed E-state index contributed by atoms with van der Waals surface area (Å²) in [6.45, 7) is 5.02. The molecule has 18 heteroatoms. The molecular weight excluding hydrogens is 818 g/mol. The Bertz CT molecular complexity index is 1560. The van der Waals surface area contributed by atoms with Crippen molar-refractivity contribution in [2.24, 2.45) is 5.73 Å². The van der Waals surface area contributed by atoms with Gasteiger partial charge in [-0.25, -0.2) is 37.3 Å². The fourth-order valence-corrected chi connectivity index (χ4v) is 3.40. The van der Waals surface area contributed by atoms with Gasteiger partial charge in [-0.2, -0.15) is 18.2 Å². The van der Waals surface area contributed by atoms with Crippen LogP contribution in [0.25, 0.3) is 34.2 Å². The van der Waals surface area contributed by atoms with E-state index in [1.165, 1.54) is 18.4 Å². The van der Waals surface area contributed by atoms with Gasteiger partial charge in [0.2, 0.25) is 0 Å². The molecule has 6 rings (SSSR count). The summed E-state index contributed by atoms with van der Waals surface area (Å²) < 4.78 is 67.9. The van der Waals surface area contributed by atoms with Crippen LogP contribution in [0, 0.1) is 33.5 Å². The van der Waals surface area contributed by atoms with E-state index in [0.29, 0.717) is 0 Å². The van der Waals surface area contributed by atoms with Crippen LogP contribution in [0.4, 0.5) is 0 Å². The predicted octanol–water partition coefficient (Wildman–Crippen LogP) is -2.23. The van der Waals surface area contributed by atoms with Crippen LogP contribution in [0.2, 0.25) is 0 Å². The summed E-state index contributed by atoms with van der Waals surface area (Å²) in [6.07, 6.45) is 13.0. The van der Waals surface area contributed by atoms with E-state index < -0.39 is 20.5 Å². The minimum absolute atomic E-state index is 0. The van der Waals surface area contributed by atoms with Gasteiger partial charge in [0.1, 0.15) is 0 Å². The molecule has 0 atom stereocenters. The number of aromatic nitrogens is 6. The summed E-state index contributed by atoms with van der Waals surface area (Å²) in [5.41, 5.74) is 11.8. The number of rotatable bonds is 5. The molecule has 0 aliphatic heterocycles. The van der Waals surface area contributed by atoms with Crippen molar-refractivity contribution in [2.75, 3.05) is 6.54 Å². The van der Waals surface area contributed by atoms with E-state index in [9.17, 15) is 0 Å². The van der Waals surface area contributed by atoms with Gasteiger partial charge in [-0.3, -0.25) is 24.9 Å².